The van der Waals surface area contributed by atoms with Crippen molar-refractivity contribution in [3.05, 3.63) is 34.9 Å². The van der Waals surface area contributed by atoms with Gasteiger partial charge in [0.25, 0.3) is 0 Å². The first kappa shape index (κ1) is 12.9. The molecule has 2 aliphatic rings. The lowest BCUT2D eigenvalue weighted by Gasteiger charge is -2.09. The predicted octanol–water partition coefficient (Wildman–Crippen LogP) is 4.43. The topological polar surface area (TPSA) is 17.1 Å². The molecule has 2 saturated carbocycles. The summed E-state index contributed by atoms with van der Waals surface area (Å²) in [7, 11) is 0. The van der Waals surface area contributed by atoms with Crippen LogP contribution in [0.15, 0.2) is 18.2 Å². The van der Waals surface area contributed by atoms with Crippen molar-refractivity contribution in [1.82, 2.24) is 0 Å². The fourth-order valence-corrected chi connectivity index (χ4v) is 3.94. The quantitative estimate of drug-likeness (QED) is 0.728. The van der Waals surface area contributed by atoms with Crippen LogP contribution in [0.5, 0.6) is 0 Å². The zero-order valence-electron chi connectivity index (χ0n) is 12.1. The summed E-state index contributed by atoms with van der Waals surface area (Å²) in [6.07, 6.45) is 7.22. The van der Waals surface area contributed by atoms with Crippen LogP contribution in [0.25, 0.3) is 0 Å². The van der Waals surface area contributed by atoms with Gasteiger partial charge in [0.2, 0.25) is 0 Å². The van der Waals surface area contributed by atoms with Gasteiger partial charge >= 0.3 is 0 Å². The van der Waals surface area contributed by atoms with Gasteiger partial charge in [-0.1, -0.05) is 38.8 Å². The molecule has 0 saturated heterocycles. The summed E-state index contributed by atoms with van der Waals surface area (Å²) < 4.78 is 0. The number of ketones is 1. The second kappa shape index (κ2) is 5.11. The van der Waals surface area contributed by atoms with Crippen LogP contribution in [0, 0.1) is 17.8 Å². The maximum atomic E-state index is 12.8. The molecule has 0 amide bonds. The smallest absolute Gasteiger partial charge is 0.166 e. The molecule has 0 radical (unpaired) electrons. The van der Waals surface area contributed by atoms with Crippen LogP contribution < -0.4 is 0 Å². The molecule has 0 N–H and O–H groups in total. The molecule has 0 aromatic heterocycles. The van der Waals surface area contributed by atoms with E-state index in [1.54, 1.807) is 0 Å². The van der Waals surface area contributed by atoms with Crippen LogP contribution in [0.3, 0.4) is 0 Å². The SMILES string of the molecule is CCc1ccc(CC)c(C(=O)C2C3CCCCC32)c1. The van der Waals surface area contributed by atoms with E-state index in [0.717, 1.165) is 30.2 Å². The Morgan fingerprint density at radius 1 is 1.11 bits per heavy atom. The molecule has 3 rings (SSSR count). The normalized spacial score (nSPS) is 28.8. The van der Waals surface area contributed by atoms with Crippen molar-refractivity contribution in [2.45, 2.75) is 52.4 Å². The first-order valence-electron chi connectivity index (χ1n) is 7.92. The maximum Gasteiger partial charge on any atom is 0.166 e. The third kappa shape index (κ3) is 2.24. The summed E-state index contributed by atoms with van der Waals surface area (Å²) in [4.78, 5) is 12.8. The monoisotopic (exact) mass is 256 g/mol. The number of benzene rings is 1. The van der Waals surface area contributed by atoms with E-state index in [1.165, 1.54) is 36.8 Å². The number of hydrogen-bond donors (Lipinski definition) is 0. The first-order valence-corrected chi connectivity index (χ1v) is 7.92. The van der Waals surface area contributed by atoms with Crippen LogP contribution in [0.2, 0.25) is 0 Å². The fourth-order valence-electron chi connectivity index (χ4n) is 3.94. The molecule has 19 heavy (non-hydrogen) atoms. The van der Waals surface area contributed by atoms with Crippen LogP contribution in [-0.4, -0.2) is 5.78 Å². The predicted molar refractivity (Wildman–Crippen MR) is 78.5 cm³/mol. The lowest BCUT2D eigenvalue weighted by molar-refractivity contribution is 0.0955. The van der Waals surface area contributed by atoms with Crippen LogP contribution in [-0.2, 0) is 12.8 Å². The zero-order chi connectivity index (χ0) is 13.4. The van der Waals surface area contributed by atoms with Gasteiger partial charge in [-0.05, 0) is 54.7 Å². The number of aryl methyl sites for hydroxylation is 2. The van der Waals surface area contributed by atoms with Crippen LogP contribution in [0.4, 0.5) is 0 Å². The third-order valence-electron chi connectivity index (χ3n) is 5.19. The molecule has 1 heteroatoms. The van der Waals surface area contributed by atoms with E-state index in [1.807, 2.05) is 0 Å². The van der Waals surface area contributed by atoms with Crippen LogP contribution in [0.1, 0.15) is 61.0 Å². The molecule has 2 aliphatic carbocycles. The standard InChI is InChI=1S/C18H24O/c1-3-12-9-10-13(4-2)16(11-12)18(19)17-14-7-5-6-8-15(14)17/h9-11,14-15,17H,3-8H2,1-2H3. The molecule has 0 aliphatic heterocycles. The molecule has 1 aromatic carbocycles. The Hall–Kier alpha value is -1.11. The van der Waals surface area contributed by atoms with E-state index in [0.29, 0.717) is 11.7 Å². The Morgan fingerprint density at radius 3 is 2.37 bits per heavy atom. The molecular formula is C18H24O. The number of rotatable bonds is 4. The second-order valence-corrected chi connectivity index (χ2v) is 6.20. The highest BCUT2D eigenvalue weighted by molar-refractivity contribution is 6.01. The van der Waals surface area contributed by atoms with Gasteiger partial charge in [-0.15, -0.1) is 0 Å². The Kier molecular flexibility index (Phi) is 3.47. The molecule has 2 atom stereocenters. The van der Waals surface area contributed by atoms with Gasteiger partial charge in [-0.3, -0.25) is 4.79 Å². The van der Waals surface area contributed by atoms with Crippen molar-refractivity contribution in [1.29, 1.82) is 0 Å². The minimum atomic E-state index is 0.361. The highest BCUT2D eigenvalue weighted by Crippen LogP contribution is 2.56. The molecule has 0 bridgehead atoms. The molecule has 102 valence electrons. The zero-order valence-corrected chi connectivity index (χ0v) is 12.1. The van der Waals surface area contributed by atoms with Gasteiger partial charge in [0.05, 0.1) is 0 Å². The van der Waals surface area contributed by atoms with Gasteiger partial charge in [0.15, 0.2) is 5.78 Å². The van der Waals surface area contributed by atoms with E-state index in [2.05, 4.69) is 32.0 Å². The first-order chi connectivity index (χ1) is 9.26. The molecular weight excluding hydrogens is 232 g/mol. The van der Waals surface area contributed by atoms with Gasteiger partial charge < -0.3 is 0 Å². The fraction of sp³-hybridized carbons (Fsp3) is 0.611. The summed E-state index contributed by atoms with van der Waals surface area (Å²) in [5.74, 6) is 2.25. The minimum absolute atomic E-state index is 0.361. The maximum absolute atomic E-state index is 12.8. The van der Waals surface area contributed by atoms with Crippen LogP contribution >= 0.6 is 0 Å². The van der Waals surface area contributed by atoms with Crippen molar-refractivity contribution >= 4 is 5.78 Å². The van der Waals surface area contributed by atoms with Crippen molar-refractivity contribution < 1.29 is 4.79 Å². The Morgan fingerprint density at radius 2 is 1.79 bits per heavy atom. The Balaban J connectivity index is 1.86. The summed E-state index contributed by atoms with van der Waals surface area (Å²) in [6, 6.07) is 6.50. The lowest BCUT2D eigenvalue weighted by atomic mass is 9.95. The van der Waals surface area contributed by atoms with E-state index in [9.17, 15) is 4.79 Å². The summed E-state index contributed by atoms with van der Waals surface area (Å²) in [5.41, 5.74) is 3.57. The van der Waals surface area contributed by atoms with Crippen molar-refractivity contribution in [2.75, 3.05) is 0 Å². The van der Waals surface area contributed by atoms with E-state index < -0.39 is 0 Å². The molecule has 0 spiro atoms. The van der Waals surface area contributed by atoms with Crippen molar-refractivity contribution in [2.24, 2.45) is 17.8 Å². The summed E-state index contributed by atoms with van der Waals surface area (Å²) >= 11 is 0. The molecule has 1 nitrogen and oxygen atoms in total. The number of carbonyl (C=O) groups excluding carboxylic acids is 1. The second-order valence-electron chi connectivity index (χ2n) is 6.20. The summed E-state index contributed by atoms with van der Waals surface area (Å²) in [6.45, 7) is 4.31. The number of Topliss-reactive ketones (excluding diaryl/α,β-unsaturated/α-hetero) is 1. The Labute approximate surface area is 116 Å². The number of hydrogen-bond acceptors (Lipinski definition) is 1. The number of fused-ring (bicyclic) bond motifs is 1. The lowest BCUT2D eigenvalue weighted by Crippen LogP contribution is -2.08. The van der Waals surface area contributed by atoms with Gasteiger partial charge in [-0.2, -0.15) is 0 Å². The molecule has 2 unspecified atom stereocenters. The molecule has 2 fully saturated rings. The highest BCUT2D eigenvalue weighted by Gasteiger charge is 2.54. The Bertz CT molecular complexity index is 476. The summed E-state index contributed by atoms with van der Waals surface area (Å²) in [5, 5.41) is 0. The molecule has 1 aromatic rings. The minimum Gasteiger partial charge on any atom is -0.294 e. The largest absolute Gasteiger partial charge is 0.294 e. The van der Waals surface area contributed by atoms with Gasteiger partial charge in [0, 0.05) is 11.5 Å². The molecule has 0 heterocycles. The third-order valence-corrected chi connectivity index (χ3v) is 5.19. The van der Waals surface area contributed by atoms with E-state index in [-0.39, 0.29) is 0 Å². The highest BCUT2D eigenvalue weighted by atomic mass is 16.1. The average Bonchev–Trinajstić information content (AvgIpc) is 3.20. The average molecular weight is 256 g/mol. The van der Waals surface area contributed by atoms with Gasteiger partial charge in [-0.25, -0.2) is 0 Å². The van der Waals surface area contributed by atoms with Gasteiger partial charge in [0.1, 0.15) is 0 Å². The van der Waals surface area contributed by atoms with E-state index in [4.69, 9.17) is 0 Å². The van der Waals surface area contributed by atoms with E-state index >= 15 is 0 Å². The number of carbonyl (C=O) groups is 1. The van der Waals surface area contributed by atoms with Crippen molar-refractivity contribution in [3.63, 3.8) is 0 Å². The van der Waals surface area contributed by atoms with Crippen molar-refractivity contribution in [3.8, 4) is 0 Å².